The Morgan fingerprint density at radius 2 is 2.06 bits per heavy atom. The second-order valence-electron chi connectivity index (χ2n) is 4.54. The highest BCUT2D eigenvalue weighted by molar-refractivity contribution is 5.97. The van der Waals surface area contributed by atoms with Gasteiger partial charge in [0.25, 0.3) is 0 Å². The highest BCUT2D eigenvalue weighted by atomic mass is 16.1. The molecule has 0 atom stereocenters. The maximum absolute atomic E-state index is 12.1. The average molecular weight is 241 g/mol. The first kappa shape index (κ1) is 11.2. The first-order chi connectivity index (χ1) is 8.83. The fraction of sp³-hybridized carbons (Fsp3) is 0.286. The number of Topliss-reactive ketones (excluding diaryl/α,β-unsaturated/α-hetero) is 1. The predicted octanol–water partition coefficient (Wildman–Crippen LogP) is 1.58. The molecule has 0 fully saturated rings. The van der Waals surface area contributed by atoms with Crippen LogP contribution in [0.2, 0.25) is 0 Å². The molecule has 0 N–H and O–H groups in total. The van der Waals surface area contributed by atoms with Crippen LogP contribution >= 0.6 is 0 Å². The van der Waals surface area contributed by atoms with E-state index < -0.39 is 0 Å². The third-order valence-electron chi connectivity index (χ3n) is 3.29. The summed E-state index contributed by atoms with van der Waals surface area (Å²) in [6.45, 7) is 3.04. The van der Waals surface area contributed by atoms with Crippen molar-refractivity contribution in [2.45, 2.75) is 13.1 Å². The van der Waals surface area contributed by atoms with Gasteiger partial charge in [-0.05, 0) is 0 Å². The molecule has 0 unspecified atom stereocenters. The van der Waals surface area contributed by atoms with Crippen LogP contribution in [0.5, 0.6) is 0 Å². The van der Waals surface area contributed by atoms with Gasteiger partial charge in [-0.2, -0.15) is 0 Å². The van der Waals surface area contributed by atoms with Gasteiger partial charge in [-0.15, -0.1) is 0 Å². The van der Waals surface area contributed by atoms with Gasteiger partial charge in [0, 0.05) is 31.0 Å². The van der Waals surface area contributed by atoms with E-state index in [0.717, 1.165) is 31.0 Å². The van der Waals surface area contributed by atoms with Crippen molar-refractivity contribution in [3.8, 4) is 0 Å². The van der Waals surface area contributed by atoms with Gasteiger partial charge in [0.1, 0.15) is 5.82 Å². The van der Waals surface area contributed by atoms with Gasteiger partial charge in [-0.3, -0.25) is 9.69 Å². The van der Waals surface area contributed by atoms with Crippen LogP contribution in [0.25, 0.3) is 0 Å². The van der Waals surface area contributed by atoms with Crippen molar-refractivity contribution in [2.24, 2.45) is 0 Å². The molecule has 2 aromatic rings. The van der Waals surface area contributed by atoms with Crippen LogP contribution < -0.4 is 0 Å². The number of nitrogens with zero attached hydrogens (tertiary/aromatic N) is 3. The summed E-state index contributed by atoms with van der Waals surface area (Å²) >= 11 is 0. The van der Waals surface area contributed by atoms with Gasteiger partial charge in [0.2, 0.25) is 0 Å². The van der Waals surface area contributed by atoms with E-state index in [1.54, 1.807) is 0 Å². The third-order valence-corrected chi connectivity index (χ3v) is 3.29. The minimum Gasteiger partial charge on any atom is -0.333 e. The average Bonchev–Trinajstić information content (AvgIpc) is 2.87. The van der Waals surface area contributed by atoms with Crippen molar-refractivity contribution in [2.75, 3.05) is 13.1 Å². The molecule has 1 aromatic carbocycles. The standard InChI is InChI=1S/C14H15N3O/c18-13(12-4-2-1-3-5-12)10-16-8-9-17-7-6-15-14(17)11-16/h1-7H,8-11H2. The third kappa shape index (κ3) is 2.19. The number of hydrogen-bond acceptors (Lipinski definition) is 3. The molecule has 1 aromatic heterocycles. The van der Waals surface area contributed by atoms with Crippen molar-refractivity contribution in [1.82, 2.24) is 14.5 Å². The second-order valence-corrected chi connectivity index (χ2v) is 4.54. The summed E-state index contributed by atoms with van der Waals surface area (Å²) < 4.78 is 2.14. The van der Waals surface area contributed by atoms with Crippen LogP contribution in [0, 0.1) is 0 Å². The van der Waals surface area contributed by atoms with E-state index in [-0.39, 0.29) is 5.78 Å². The summed E-state index contributed by atoms with van der Waals surface area (Å²) in [6.07, 6.45) is 3.81. The molecule has 92 valence electrons. The lowest BCUT2D eigenvalue weighted by atomic mass is 10.1. The Morgan fingerprint density at radius 3 is 2.89 bits per heavy atom. The molecular weight excluding hydrogens is 226 g/mol. The Hall–Kier alpha value is -1.94. The van der Waals surface area contributed by atoms with Crippen molar-refractivity contribution < 1.29 is 4.79 Å². The van der Waals surface area contributed by atoms with Crippen LogP contribution in [-0.4, -0.2) is 33.3 Å². The monoisotopic (exact) mass is 241 g/mol. The van der Waals surface area contributed by atoms with E-state index in [4.69, 9.17) is 0 Å². The smallest absolute Gasteiger partial charge is 0.176 e. The zero-order chi connectivity index (χ0) is 12.4. The Bertz CT molecular complexity index is 547. The van der Waals surface area contributed by atoms with Crippen LogP contribution in [-0.2, 0) is 13.1 Å². The van der Waals surface area contributed by atoms with E-state index in [0.29, 0.717) is 6.54 Å². The molecule has 4 nitrogen and oxygen atoms in total. The molecule has 0 spiro atoms. The van der Waals surface area contributed by atoms with E-state index in [2.05, 4.69) is 14.5 Å². The first-order valence-electron chi connectivity index (χ1n) is 6.13. The maximum atomic E-state index is 12.1. The molecule has 3 rings (SSSR count). The largest absolute Gasteiger partial charge is 0.333 e. The van der Waals surface area contributed by atoms with Crippen molar-refractivity contribution in [3.05, 3.63) is 54.1 Å². The Labute approximate surface area is 106 Å². The molecular formula is C14H15N3O. The minimum absolute atomic E-state index is 0.176. The zero-order valence-corrected chi connectivity index (χ0v) is 10.1. The molecule has 0 saturated carbocycles. The lowest BCUT2D eigenvalue weighted by molar-refractivity contribution is 0.0908. The summed E-state index contributed by atoms with van der Waals surface area (Å²) in [5.41, 5.74) is 0.784. The number of carbonyl (C=O) groups excluding carboxylic acids is 1. The summed E-state index contributed by atoms with van der Waals surface area (Å²) in [5, 5.41) is 0. The molecule has 0 saturated heterocycles. The fourth-order valence-electron chi connectivity index (χ4n) is 2.28. The number of carbonyl (C=O) groups is 1. The van der Waals surface area contributed by atoms with Gasteiger partial charge in [0.05, 0.1) is 13.1 Å². The quantitative estimate of drug-likeness (QED) is 0.766. The molecule has 0 radical (unpaired) electrons. The molecule has 0 aliphatic carbocycles. The van der Waals surface area contributed by atoms with Crippen LogP contribution in [0.15, 0.2) is 42.7 Å². The molecule has 18 heavy (non-hydrogen) atoms. The molecule has 1 aliphatic rings. The van der Waals surface area contributed by atoms with Crippen molar-refractivity contribution >= 4 is 5.78 Å². The van der Waals surface area contributed by atoms with Gasteiger partial charge < -0.3 is 4.57 Å². The molecule has 4 heteroatoms. The van der Waals surface area contributed by atoms with Crippen LogP contribution in [0.3, 0.4) is 0 Å². The number of imidazole rings is 1. The lowest BCUT2D eigenvalue weighted by Gasteiger charge is -2.26. The zero-order valence-electron chi connectivity index (χ0n) is 10.1. The lowest BCUT2D eigenvalue weighted by Crippen LogP contribution is -2.37. The summed E-state index contributed by atoms with van der Waals surface area (Å²) in [6, 6.07) is 9.46. The van der Waals surface area contributed by atoms with Gasteiger partial charge in [0.15, 0.2) is 5.78 Å². The summed E-state index contributed by atoms with van der Waals surface area (Å²) in [5.74, 6) is 1.22. The number of aromatic nitrogens is 2. The summed E-state index contributed by atoms with van der Waals surface area (Å²) in [4.78, 5) is 18.5. The normalized spacial score (nSPS) is 15.3. The number of ketones is 1. The van der Waals surface area contributed by atoms with Crippen molar-refractivity contribution in [3.63, 3.8) is 0 Å². The van der Waals surface area contributed by atoms with Gasteiger partial charge in [-0.25, -0.2) is 4.98 Å². The van der Waals surface area contributed by atoms with E-state index in [1.165, 1.54) is 0 Å². The fourth-order valence-corrected chi connectivity index (χ4v) is 2.28. The minimum atomic E-state index is 0.176. The van der Waals surface area contributed by atoms with Crippen molar-refractivity contribution in [1.29, 1.82) is 0 Å². The SMILES string of the molecule is O=C(CN1CCn2ccnc2C1)c1ccccc1. The Morgan fingerprint density at radius 1 is 1.22 bits per heavy atom. The number of fused-ring (bicyclic) bond motifs is 1. The highest BCUT2D eigenvalue weighted by Crippen LogP contribution is 2.11. The maximum Gasteiger partial charge on any atom is 0.176 e. The summed E-state index contributed by atoms with van der Waals surface area (Å²) in [7, 11) is 0. The van der Waals surface area contributed by atoms with Gasteiger partial charge in [-0.1, -0.05) is 30.3 Å². The molecule has 2 heterocycles. The molecule has 1 aliphatic heterocycles. The Kier molecular flexibility index (Phi) is 2.94. The van der Waals surface area contributed by atoms with Crippen LogP contribution in [0.4, 0.5) is 0 Å². The first-order valence-corrected chi connectivity index (χ1v) is 6.13. The van der Waals surface area contributed by atoms with E-state index in [9.17, 15) is 4.79 Å². The predicted molar refractivity (Wildman–Crippen MR) is 68.3 cm³/mol. The molecule has 0 amide bonds. The number of rotatable bonds is 3. The van der Waals surface area contributed by atoms with E-state index >= 15 is 0 Å². The second kappa shape index (κ2) is 4.74. The highest BCUT2D eigenvalue weighted by Gasteiger charge is 2.19. The van der Waals surface area contributed by atoms with Crippen LogP contribution in [0.1, 0.15) is 16.2 Å². The number of benzene rings is 1. The topological polar surface area (TPSA) is 38.1 Å². The van der Waals surface area contributed by atoms with E-state index in [1.807, 2.05) is 42.7 Å². The molecule has 0 bridgehead atoms. The van der Waals surface area contributed by atoms with Gasteiger partial charge >= 0.3 is 0 Å². The number of hydrogen-bond donors (Lipinski definition) is 0. The Balaban J connectivity index is 1.67.